The molecule has 0 radical (unpaired) electrons. The topological polar surface area (TPSA) is 67.9 Å². The first-order chi connectivity index (χ1) is 19.7. The molecule has 0 aliphatic carbocycles. The minimum atomic E-state index is -0.659. The zero-order valence-electron chi connectivity index (χ0n) is 23.4. The van der Waals surface area contributed by atoms with Gasteiger partial charge in [-0.05, 0) is 67.8 Å². The van der Waals surface area contributed by atoms with Crippen molar-refractivity contribution < 1.29 is 23.5 Å². The van der Waals surface area contributed by atoms with E-state index < -0.39 is 17.4 Å². The second-order valence-electron chi connectivity index (χ2n) is 11.0. The number of nitrogens with zero attached hydrogens (tertiary/aromatic N) is 1. The van der Waals surface area contributed by atoms with E-state index in [1.54, 1.807) is 63.2 Å². The third-order valence-corrected chi connectivity index (χ3v) is 6.72. The van der Waals surface area contributed by atoms with E-state index in [2.05, 4.69) is 10.2 Å². The van der Waals surface area contributed by atoms with Gasteiger partial charge in [-0.15, -0.1) is 0 Å². The Kier molecular flexibility index (Phi) is 8.06. The largest absolute Gasteiger partial charge is 0.490 e. The predicted octanol–water partition coefficient (Wildman–Crippen LogP) is 6.78. The number of fused-ring (bicyclic) bond motifs is 1. The van der Waals surface area contributed by atoms with E-state index in [1.165, 1.54) is 6.07 Å². The minimum Gasteiger partial charge on any atom is -0.490 e. The molecule has 0 spiro atoms. The Balaban J connectivity index is 1.31. The summed E-state index contributed by atoms with van der Waals surface area (Å²) < 4.78 is 26.9. The second kappa shape index (κ2) is 11.8. The Morgan fingerprint density at radius 2 is 1.66 bits per heavy atom. The molecule has 4 aromatic carbocycles. The number of nitrogens with one attached hydrogen (secondary N) is 1. The van der Waals surface area contributed by atoms with Gasteiger partial charge in [0.15, 0.2) is 0 Å². The molecule has 41 heavy (non-hydrogen) atoms. The van der Waals surface area contributed by atoms with Crippen molar-refractivity contribution in [2.45, 2.75) is 39.5 Å². The molecule has 0 atom stereocenters. The van der Waals surface area contributed by atoms with Gasteiger partial charge in [-0.25, -0.2) is 9.18 Å². The van der Waals surface area contributed by atoms with Gasteiger partial charge in [0.2, 0.25) is 0 Å². The normalized spacial score (nSPS) is 12.7. The lowest BCUT2D eigenvalue weighted by molar-refractivity contribution is 0.00703. The van der Waals surface area contributed by atoms with Crippen molar-refractivity contribution in [3.05, 3.63) is 119 Å². The van der Waals surface area contributed by atoms with Crippen molar-refractivity contribution in [3.63, 3.8) is 0 Å². The van der Waals surface area contributed by atoms with Crippen LogP contribution in [0.2, 0.25) is 0 Å². The molecular formula is C34H33FN2O4. The second-order valence-corrected chi connectivity index (χ2v) is 11.0. The van der Waals surface area contributed by atoms with E-state index in [1.807, 2.05) is 42.5 Å². The first-order valence-electron chi connectivity index (χ1n) is 13.6. The summed E-state index contributed by atoms with van der Waals surface area (Å²) in [5.41, 5.74) is 3.64. The number of esters is 1. The molecule has 6 nitrogen and oxygen atoms in total. The van der Waals surface area contributed by atoms with Crippen molar-refractivity contribution in [1.29, 1.82) is 0 Å². The lowest BCUT2D eigenvalue weighted by Gasteiger charge is -2.31. The standard InChI is InChI=1S/C34H33FN2O4/c1-34(2,3)41-33(39)28-12-8-7-11-26(28)27-15-13-24(19-29(27)35)22-37-17-18-40-31-20-25(14-16-30(31)37)32(38)36-21-23-9-5-4-6-10-23/h4-16,19-20H,17-18,21-22H2,1-3H3,(H,36,38). The molecule has 0 saturated carbocycles. The summed E-state index contributed by atoms with van der Waals surface area (Å²) in [7, 11) is 0. The fourth-order valence-corrected chi connectivity index (χ4v) is 4.79. The van der Waals surface area contributed by atoms with Gasteiger partial charge in [-0.2, -0.15) is 0 Å². The van der Waals surface area contributed by atoms with Crippen LogP contribution >= 0.6 is 0 Å². The number of ether oxygens (including phenoxy) is 2. The monoisotopic (exact) mass is 552 g/mol. The molecule has 0 fully saturated rings. The number of hydrogen-bond donors (Lipinski definition) is 1. The first-order valence-corrected chi connectivity index (χ1v) is 13.6. The Morgan fingerprint density at radius 1 is 0.902 bits per heavy atom. The highest BCUT2D eigenvalue weighted by Crippen LogP contribution is 2.34. The van der Waals surface area contributed by atoms with Crippen molar-refractivity contribution in [3.8, 4) is 16.9 Å². The fraction of sp³-hybridized carbons (Fsp3) is 0.235. The fourth-order valence-electron chi connectivity index (χ4n) is 4.79. The van der Waals surface area contributed by atoms with Crippen LogP contribution in [-0.4, -0.2) is 30.6 Å². The van der Waals surface area contributed by atoms with Crippen LogP contribution in [0.3, 0.4) is 0 Å². The molecule has 0 saturated heterocycles. The molecule has 1 aliphatic rings. The Labute approximate surface area is 239 Å². The van der Waals surface area contributed by atoms with Crippen molar-refractivity contribution in [2.24, 2.45) is 0 Å². The highest BCUT2D eigenvalue weighted by Gasteiger charge is 2.23. The maximum Gasteiger partial charge on any atom is 0.339 e. The van der Waals surface area contributed by atoms with Gasteiger partial charge >= 0.3 is 5.97 Å². The van der Waals surface area contributed by atoms with E-state index in [4.69, 9.17) is 9.47 Å². The smallest absolute Gasteiger partial charge is 0.339 e. The molecule has 4 aromatic rings. The first kappa shape index (κ1) is 27.9. The van der Waals surface area contributed by atoms with Crippen LogP contribution < -0.4 is 15.0 Å². The van der Waals surface area contributed by atoms with Crippen molar-refractivity contribution in [1.82, 2.24) is 5.32 Å². The van der Waals surface area contributed by atoms with E-state index in [9.17, 15) is 9.59 Å². The van der Waals surface area contributed by atoms with E-state index in [0.717, 1.165) is 16.8 Å². The molecular weight excluding hydrogens is 519 g/mol. The number of benzene rings is 4. The lowest BCUT2D eigenvalue weighted by atomic mass is 9.97. The number of hydrogen-bond acceptors (Lipinski definition) is 5. The summed E-state index contributed by atoms with van der Waals surface area (Å²) in [5, 5.41) is 2.94. The summed E-state index contributed by atoms with van der Waals surface area (Å²) in [5.74, 6) is -0.472. The third-order valence-electron chi connectivity index (χ3n) is 6.72. The summed E-state index contributed by atoms with van der Waals surface area (Å²) in [6.45, 7) is 7.37. The third kappa shape index (κ3) is 6.74. The van der Waals surface area contributed by atoms with Crippen LogP contribution in [0.1, 0.15) is 52.6 Å². The Bertz CT molecular complexity index is 1560. The minimum absolute atomic E-state index is 0.179. The molecule has 7 heteroatoms. The summed E-state index contributed by atoms with van der Waals surface area (Å²) in [6, 6.07) is 27.1. The molecule has 1 N–H and O–H groups in total. The van der Waals surface area contributed by atoms with Gasteiger partial charge in [0.1, 0.15) is 23.8 Å². The maximum atomic E-state index is 15.5. The van der Waals surface area contributed by atoms with Gasteiger partial charge in [-0.1, -0.05) is 60.7 Å². The molecule has 0 bridgehead atoms. The van der Waals surface area contributed by atoms with Crippen LogP contribution in [0.15, 0.2) is 91.0 Å². The van der Waals surface area contributed by atoms with E-state index in [0.29, 0.717) is 54.2 Å². The predicted molar refractivity (Wildman–Crippen MR) is 158 cm³/mol. The molecule has 0 unspecified atom stereocenters. The molecule has 0 aromatic heterocycles. The van der Waals surface area contributed by atoms with Crippen molar-refractivity contribution >= 4 is 17.6 Å². The van der Waals surface area contributed by atoms with Gasteiger partial charge < -0.3 is 19.7 Å². The highest BCUT2D eigenvalue weighted by atomic mass is 19.1. The van der Waals surface area contributed by atoms with Gasteiger partial charge in [0.25, 0.3) is 5.91 Å². The quantitative estimate of drug-likeness (QED) is 0.256. The van der Waals surface area contributed by atoms with Crippen LogP contribution in [0.25, 0.3) is 11.1 Å². The zero-order valence-corrected chi connectivity index (χ0v) is 23.4. The van der Waals surface area contributed by atoms with Gasteiger partial charge in [0.05, 0.1) is 17.8 Å². The Hall–Kier alpha value is -4.65. The Morgan fingerprint density at radius 3 is 2.41 bits per heavy atom. The maximum absolute atomic E-state index is 15.5. The molecule has 210 valence electrons. The van der Waals surface area contributed by atoms with E-state index >= 15 is 4.39 Å². The van der Waals surface area contributed by atoms with Crippen LogP contribution in [0.5, 0.6) is 5.75 Å². The highest BCUT2D eigenvalue weighted by molar-refractivity contribution is 5.97. The summed E-state index contributed by atoms with van der Waals surface area (Å²) >= 11 is 0. The molecule has 1 heterocycles. The van der Waals surface area contributed by atoms with Crippen LogP contribution in [0, 0.1) is 5.82 Å². The zero-order chi connectivity index (χ0) is 29.0. The number of carbonyl (C=O) groups excluding carboxylic acids is 2. The van der Waals surface area contributed by atoms with Gasteiger partial charge in [-0.3, -0.25) is 4.79 Å². The lowest BCUT2D eigenvalue weighted by Crippen LogP contribution is -2.32. The summed E-state index contributed by atoms with van der Waals surface area (Å²) in [4.78, 5) is 27.6. The number of amides is 1. The van der Waals surface area contributed by atoms with Gasteiger partial charge in [0, 0.05) is 24.2 Å². The molecule has 1 amide bonds. The number of carbonyl (C=O) groups is 2. The summed E-state index contributed by atoms with van der Waals surface area (Å²) in [6.07, 6.45) is 0. The van der Waals surface area contributed by atoms with Crippen LogP contribution in [-0.2, 0) is 17.8 Å². The van der Waals surface area contributed by atoms with E-state index in [-0.39, 0.29) is 5.91 Å². The molecule has 5 rings (SSSR count). The average molecular weight is 553 g/mol. The van der Waals surface area contributed by atoms with Crippen LogP contribution in [0.4, 0.5) is 10.1 Å². The number of halogens is 1. The number of anilines is 1. The molecule has 1 aliphatic heterocycles. The number of rotatable bonds is 7. The SMILES string of the molecule is CC(C)(C)OC(=O)c1ccccc1-c1ccc(CN2CCOc3cc(C(=O)NCc4ccccc4)ccc32)cc1F. The van der Waals surface area contributed by atoms with Crippen molar-refractivity contribution in [2.75, 3.05) is 18.1 Å². The average Bonchev–Trinajstić information content (AvgIpc) is 2.95.